The smallest absolute Gasteiger partial charge is 0.326 e. The summed E-state index contributed by atoms with van der Waals surface area (Å²) in [4.78, 5) is 11.4. The third kappa shape index (κ3) is 3.89. The predicted molar refractivity (Wildman–Crippen MR) is 58.6 cm³/mol. The molecule has 1 aromatic rings. The minimum atomic E-state index is -4.44. The van der Waals surface area contributed by atoms with Gasteiger partial charge < -0.3 is 10.3 Å². The standard InChI is InChI=1S/C11H15F3N2O/c1-2-3-9(15)7-16-6-8(11(12,13)14)4-5-10(16)17/h4-6,9H,2-3,7,15H2,1H3. The molecule has 0 radical (unpaired) electrons. The van der Waals surface area contributed by atoms with Gasteiger partial charge in [0.15, 0.2) is 0 Å². The zero-order valence-electron chi connectivity index (χ0n) is 9.50. The maximum atomic E-state index is 12.4. The molecule has 0 aliphatic heterocycles. The first-order chi connectivity index (χ1) is 7.84. The summed E-state index contributed by atoms with van der Waals surface area (Å²) in [6.45, 7) is 2.03. The van der Waals surface area contributed by atoms with Crippen molar-refractivity contribution in [2.45, 2.75) is 38.5 Å². The minimum Gasteiger partial charge on any atom is -0.326 e. The molecule has 0 amide bonds. The van der Waals surface area contributed by atoms with E-state index in [2.05, 4.69) is 0 Å². The van der Waals surface area contributed by atoms with Gasteiger partial charge in [-0.1, -0.05) is 13.3 Å². The number of alkyl halides is 3. The van der Waals surface area contributed by atoms with E-state index in [9.17, 15) is 18.0 Å². The zero-order valence-corrected chi connectivity index (χ0v) is 9.50. The van der Waals surface area contributed by atoms with Crippen LogP contribution in [-0.2, 0) is 12.7 Å². The molecule has 6 heteroatoms. The molecular formula is C11H15F3N2O. The van der Waals surface area contributed by atoms with E-state index in [1.807, 2.05) is 6.92 Å². The summed E-state index contributed by atoms with van der Waals surface area (Å²) < 4.78 is 38.3. The minimum absolute atomic E-state index is 0.108. The highest BCUT2D eigenvalue weighted by Crippen LogP contribution is 2.27. The number of halogens is 3. The lowest BCUT2D eigenvalue weighted by molar-refractivity contribution is -0.138. The second-order valence-corrected chi connectivity index (χ2v) is 3.95. The Morgan fingerprint density at radius 1 is 1.41 bits per heavy atom. The van der Waals surface area contributed by atoms with E-state index in [0.29, 0.717) is 6.42 Å². The molecule has 0 aliphatic carbocycles. The molecule has 1 atom stereocenters. The summed E-state index contributed by atoms with van der Waals surface area (Å²) in [5, 5.41) is 0. The molecule has 1 rings (SSSR count). The average molecular weight is 248 g/mol. The van der Waals surface area contributed by atoms with E-state index in [1.165, 1.54) is 0 Å². The van der Waals surface area contributed by atoms with Gasteiger partial charge >= 0.3 is 6.18 Å². The molecule has 0 aliphatic rings. The van der Waals surface area contributed by atoms with E-state index in [4.69, 9.17) is 5.73 Å². The molecule has 0 spiro atoms. The maximum absolute atomic E-state index is 12.4. The lowest BCUT2D eigenvalue weighted by Gasteiger charge is -2.14. The van der Waals surface area contributed by atoms with Gasteiger partial charge in [0.25, 0.3) is 5.56 Å². The molecule has 0 bridgehead atoms. The average Bonchev–Trinajstić information content (AvgIpc) is 2.20. The number of rotatable bonds is 4. The summed E-state index contributed by atoms with van der Waals surface area (Å²) in [6, 6.07) is 1.40. The Morgan fingerprint density at radius 3 is 2.59 bits per heavy atom. The van der Waals surface area contributed by atoms with Gasteiger partial charge in [-0.15, -0.1) is 0 Å². The number of hydrogen-bond donors (Lipinski definition) is 1. The van der Waals surface area contributed by atoms with E-state index in [-0.39, 0.29) is 12.6 Å². The van der Waals surface area contributed by atoms with Gasteiger partial charge in [-0.3, -0.25) is 4.79 Å². The third-order valence-electron chi connectivity index (χ3n) is 2.40. The Kier molecular flexibility index (Phi) is 4.34. The Labute approximate surface area is 97.0 Å². The van der Waals surface area contributed by atoms with Crippen LogP contribution in [0, 0.1) is 0 Å². The van der Waals surface area contributed by atoms with Crippen molar-refractivity contribution in [3.63, 3.8) is 0 Å². The Balaban J connectivity index is 2.95. The topological polar surface area (TPSA) is 48.0 Å². The van der Waals surface area contributed by atoms with Gasteiger partial charge in [0.2, 0.25) is 0 Å². The van der Waals surface area contributed by atoms with Gasteiger partial charge in [0.05, 0.1) is 5.56 Å². The molecule has 96 valence electrons. The zero-order chi connectivity index (χ0) is 13.1. The summed E-state index contributed by atoms with van der Waals surface area (Å²) >= 11 is 0. The van der Waals surface area contributed by atoms with Crippen LogP contribution in [0.4, 0.5) is 13.2 Å². The highest BCUT2D eigenvalue weighted by atomic mass is 19.4. The highest BCUT2D eigenvalue weighted by molar-refractivity contribution is 5.13. The number of hydrogen-bond acceptors (Lipinski definition) is 2. The van der Waals surface area contributed by atoms with Crippen LogP contribution in [0.5, 0.6) is 0 Å². The number of nitrogens with zero attached hydrogens (tertiary/aromatic N) is 1. The SMILES string of the molecule is CCCC(N)Cn1cc(C(F)(F)F)ccc1=O. The first kappa shape index (κ1) is 13.8. The first-order valence-corrected chi connectivity index (χ1v) is 5.38. The Morgan fingerprint density at radius 2 is 2.06 bits per heavy atom. The highest BCUT2D eigenvalue weighted by Gasteiger charge is 2.31. The van der Waals surface area contributed by atoms with Crippen molar-refractivity contribution in [3.05, 3.63) is 34.2 Å². The van der Waals surface area contributed by atoms with Crippen LogP contribution in [0.2, 0.25) is 0 Å². The summed E-state index contributed by atoms with van der Waals surface area (Å²) in [5.74, 6) is 0. The number of nitrogens with two attached hydrogens (primary N) is 1. The van der Waals surface area contributed by atoms with Crippen molar-refractivity contribution in [3.8, 4) is 0 Å². The summed E-state index contributed by atoms with van der Waals surface area (Å²) in [7, 11) is 0. The van der Waals surface area contributed by atoms with Gasteiger partial charge in [-0.05, 0) is 12.5 Å². The number of pyridine rings is 1. The molecule has 1 aromatic heterocycles. The Hall–Kier alpha value is -1.30. The first-order valence-electron chi connectivity index (χ1n) is 5.38. The Bertz CT molecular complexity index is 425. The van der Waals surface area contributed by atoms with Gasteiger partial charge in [0.1, 0.15) is 0 Å². The molecule has 3 nitrogen and oxygen atoms in total. The van der Waals surface area contributed by atoms with Gasteiger partial charge in [0, 0.05) is 24.8 Å². The molecule has 0 saturated carbocycles. The van der Waals surface area contributed by atoms with Crippen LogP contribution in [0.3, 0.4) is 0 Å². The second-order valence-electron chi connectivity index (χ2n) is 3.95. The van der Waals surface area contributed by atoms with Crippen LogP contribution >= 0.6 is 0 Å². The maximum Gasteiger partial charge on any atom is 0.417 e. The largest absolute Gasteiger partial charge is 0.417 e. The van der Waals surface area contributed by atoms with E-state index >= 15 is 0 Å². The van der Waals surface area contributed by atoms with Crippen molar-refractivity contribution in [1.82, 2.24) is 4.57 Å². The molecule has 1 heterocycles. The van der Waals surface area contributed by atoms with Crippen molar-refractivity contribution >= 4 is 0 Å². The number of aromatic nitrogens is 1. The van der Waals surface area contributed by atoms with Crippen molar-refractivity contribution < 1.29 is 13.2 Å². The quantitative estimate of drug-likeness (QED) is 0.885. The summed E-state index contributed by atoms with van der Waals surface area (Å²) in [5.41, 5.74) is 4.40. The van der Waals surface area contributed by atoms with Crippen LogP contribution in [0.15, 0.2) is 23.1 Å². The van der Waals surface area contributed by atoms with Crippen LogP contribution in [0.1, 0.15) is 25.3 Å². The lowest BCUT2D eigenvalue weighted by Crippen LogP contribution is -2.32. The normalized spacial score (nSPS) is 13.7. The molecular weight excluding hydrogens is 233 g/mol. The third-order valence-corrected chi connectivity index (χ3v) is 2.40. The second kappa shape index (κ2) is 5.35. The predicted octanol–water partition coefficient (Wildman–Crippen LogP) is 1.99. The van der Waals surface area contributed by atoms with Crippen molar-refractivity contribution in [1.29, 1.82) is 0 Å². The van der Waals surface area contributed by atoms with Gasteiger partial charge in [-0.2, -0.15) is 13.2 Å². The summed E-state index contributed by atoms with van der Waals surface area (Å²) in [6.07, 6.45) is -2.13. The molecule has 2 N–H and O–H groups in total. The molecule has 0 fully saturated rings. The van der Waals surface area contributed by atoms with E-state index in [0.717, 1.165) is 29.3 Å². The molecule has 17 heavy (non-hydrogen) atoms. The van der Waals surface area contributed by atoms with Crippen LogP contribution < -0.4 is 11.3 Å². The fourth-order valence-electron chi connectivity index (χ4n) is 1.56. The fraction of sp³-hybridized carbons (Fsp3) is 0.545. The van der Waals surface area contributed by atoms with Gasteiger partial charge in [-0.25, -0.2) is 0 Å². The molecule has 0 aromatic carbocycles. The monoisotopic (exact) mass is 248 g/mol. The van der Waals surface area contributed by atoms with Crippen molar-refractivity contribution in [2.24, 2.45) is 5.73 Å². The van der Waals surface area contributed by atoms with Crippen LogP contribution in [-0.4, -0.2) is 10.6 Å². The van der Waals surface area contributed by atoms with E-state index in [1.54, 1.807) is 0 Å². The molecule has 1 unspecified atom stereocenters. The molecule has 0 saturated heterocycles. The van der Waals surface area contributed by atoms with Crippen LogP contribution in [0.25, 0.3) is 0 Å². The lowest BCUT2D eigenvalue weighted by atomic mass is 10.2. The fourth-order valence-corrected chi connectivity index (χ4v) is 1.56. The van der Waals surface area contributed by atoms with E-state index < -0.39 is 17.3 Å². The van der Waals surface area contributed by atoms with Crippen molar-refractivity contribution in [2.75, 3.05) is 0 Å².